The van der Waals surface area contributed by atoms with Crippen molar-refractivity contribution in [2.75, 3.05) is 0 Å². The summed E-state index contributed by atoms with van der Waals surface area (Å²) in [6.07, 6.45) is 0. The van der Waals surface area contributed by atoms with Gasteiger partial charge in [0.05, 0.1) is 45.3 Å². The van der Waals surface area contributed by atoms with Gasteiger partial charge in [0.2, 0.25) is 0 Å². The van der Waals surface area contributed by atoms with Crippen molar-refractivity contribution in [3.05, 3.63) is 169 Å². The molecule has 0 aliphatic rings. The second kappa shape index (κ2) is 11.2. The van der Waals surface area contributed by atoms with Crippen molar-refractivity contribution < 1.29 is 8.83 Å². The summed E-state index contributed by atoms with van der Waals surface area (Å²) in [6.45, 7) is 0. The highest BCUT2D eigenvalue weighted by Crippen LogP contribution is 2.42. The van der Waals surface area contributed by atoms with Gasteiger partial charge >= 0.3 is 0 Å². The molecule has 4 heterocycles. The van der Waals surface area contributed by atoms with Gasteiger partial charge < -0.3 is 18.0 Å². The number of aromatic nitrogens is 2. The molecule has 0 saturated carbocycles. The Morgan fingerprint density at radius 2 is 0.857 bits per heavy atom. The molecule has 12 rings (SSSR count). The quantitative estimate of drug-likeness (QED) is 0.182. The molecule has 0 fully saturated rings. The maximum atomic E-state index is 9.80. The van der Waals surface area contributed by atoms with Gasteiger partial charge in [0, 0.05) is 66.6 Å². The average molecular weight is 715 g/mol. The fraction of sp³-hybridized carbons (Fsp3) is 0. The van der Waals surface area contributed by atoms with Gasteiger partial charge in [-0.1, -0.05) is 54.6 Å². The zero-order chi connectivity index (χ0) is 37.1. The minimum absolute atomic E-state index is 0.605. The molecule has 0 bridgehead atoms. The van der Waals surface area contributed by atoms with E-state index in [0.717, 1.165) is 110 Å². The molecule has 0 amide bonds. The molecular formula is C50H26N4O2. The van der Waals surface area contributed by atoms with Crippen molar-refractivity contribution in [2.45, 2.75) is 0 Å². The van der Waals surface area contributed by atoms with Crippen LogP contribution in [0.5, 0.6) is 0 Å². The maximum absolute atomic E-state index is 9.80. The number of nitrogens with zero attached hydrogens (tertiary/aromatic N) is 4. The van der Waals surface area contributed by atoms with Crippen LogP contribution in [-0.4, -0.2) is 9.13 Å². The summed E-state index contributed by atoms with van der Waals surface area (Å²) in [5.74, 6) is 0. The smallest absolute Gasteiger partial charge is 0.137 e. The van der Waals surface area contributed by atoms with Crippen molar-refractivity contribution >= 4 is 87.5 Å². The highest BCUT2D eigenvalue weighted by molar-refractivity contribution is 6.20. The number of para-hydroxylation sites is 2. The molecule has 0 spiro atoms. The zero-order valence-electron chi connectivity index (χ0n) is 29.6. The molecule has 0 aliphatic heterocycles. The fourth-order valence-corrected chi connectivity index (χ4v) is 8.79. The first kappa shape index (κ1) is 30.4. The number of furan rings is 2. The standard InChI is InChI=1S/C50H26N4O2/c51-27-29-12-16-33(17-13-29)53-43-18-14-31(21-37(43)39-23-41-35-8-1-3-10-47(35)55-49(41)25-45(39)53)32-15-19-44-38(22-32)40-24-42-36-9-2-4-11-48(36)56-50(42)26-46(40)54(44)34-7-5-6-30(20-34)28-52/h1-26H. The Morgan fingerprint density at radius 1 is 0.339 bits per heavy atom. The van der Waals surface area contributed by atoms with E-state index in [1.807, 2.05) is 84.9 Å². The molecule has 56 heavy (non-hydrogen) atoms. The summed E-state index contributed by atoms with van der Waals surface area (Å²) in [4.78, 5) is 0. The van der Waals surface area contributed by atoms with Gasteiger partial charge in [0.25, 0.3) is 0 Å². The second-order valence-corrected chi connectivity index (χ2v) is 14.4. The Bertz CT molecular complexity index is 3730. The SMILES string of the molecule is N#Cc1ccc(-n2c3ccc(-c4ccc5c(c4)c4cc6c(cc4n5-c4cccc(C#N)c4)oc4ccccc46)cc3c3cc4c(cc32)oc2ccccc24)cc1. The summed E-state index contributed by atoms with van der Waals surface area (Å²) in [7, 11) is 0. The lowest BCUT2D eigenvalue weighted by atomic mass is 10.00. The van der Waals surface area contributed by atoms with Crippen LogP contribution in [0.4, 0.5) is 0 Å². The lowest BCUT2D eigenvalue weighted by Crippen LogP contribution is -1.94. The van der Waals surface area contributed by atoms with E-state index < -0.39 is 0 Å². The predicted octanol–water partition coefficient (Wildman–Crippen LogP) is 13.1. The molecule has 4 aromatic heterocycles. The topological polar surface area (TPSA) is 83.7 Å². The van der Waals surface area contributed by atoms with Crippen molar-refractivity contribution in [2.24, 2.45) is 0 Å². The molecule has 0 saturated heterocycles. The van der Waals surface area contributed by atoms with E-state index in [4.69, 9.17) is 8.83 Å². The van der Waals surface area contributed by atoms with E-state index in [9.17, 15) is 10.5 Å². The first-order valence-electron chi connectivity index (χ1n) is 18.4. The molecule has 8 aromatic carbocycles. The zero-order valence-corrected chi connectivity index (χ0v) is 29.6. The van der Waals surface area contributed by atoms with E-state index in [1.165, 1.54) is 0 Å². The molecule has 0 unspecified atom stereocenters. The maximum Gasteiger partial charge on any atom is 0.137 e. The molecular weight excluding hydrogens is 689 g/mol. The Labute approximate surface area is 318 Å². The van der Waals surface area contributed by atoms with Crippen LogP contribution in [0.3, 0.4) is 0 Å². The van der Waals surface area contributed by atoms with Gasteiger partial charge in [-0.25, -0.2) is 0 Å². The average Bonchev–Trinajstić information content (AvgIpc) is 3.98. The van der Waals surface area contributed by atoms with Gasteiger partial charge in [0.15, 0.2) is 0 Å². The van der Waals surface area contributed by atoms with Gasteiger partial charge in [-0.2, -0.15) is 10.5 Å². The highest BCUT2D eigenvalue weighted by Gasteiger charge is 2.20. The van der Waals surface area contributed by atoms with Crippen molar-refractivity contribution in [3.8, 4) is 34.6 Å². The van der Waals surface area contributed by atoms with Crippen LogP contribution in [0, 0.1) is 22.7 Å². The summed E-state index contributed by atoms with van der Waals surface area (Å²) in [5.41, 5.74) is 12.8. The third-order valence-corrected chi connectivity index (χ3v) is 11.3. The van der Waals surface area contributed by atoms with Crippen LogP contribution >= 0.6 is 0 Å². The number of hydrogen-bond acceptors (Lipinski definition) is 4. The highest BCUT2D eigenvalue weighted by atomic mass is 16.3. The third kappa shape index (κ3) is 4.24. The summed E-state index contributed by atoms with van der Waals surface area (Å²) >= 11 is 0. The van der Waals surface area contributed by atoms with Crippen LogP contribution < -0.4 is 0 Å². The Balaban J connectivity index is 1.12. The monoisotopic (exact) mass is 714 g/mol. The minimum Gasteiger partial charge on any atom is -0.456 e. The van der Waals surface area contributed by atoms with Gasteiger partial charge in [0.1, 0.15) is 22.3 Å². The van der Waals surface area contributed by atoms with Crippen LogP contribution in [0.2, 0.25) is 0 Å². The number of nitriles is 2. The lowest BCUT2D eigenvalue weighted by Gasteiger charge is -2.09. The van der Waals surface area contributed by atoms with E-state index in [-0.39, 0.29) is 0 Å². The summed E-state index contributed by atoms with van der Waals surface area (Å²) in [5, 5.41) is 28.1. The van der Waals surface area contributed by atoms with Crippen molar-refractivity contribution in [3.63, 3.8) is 0 Å². The first-order chi connectivity index (χ1) is 27.6. The molecule has 0 N–H and O–H groups in total. The normalized spacial score (nSPS) is 11.9. The molecule has 12 aromatic rings. The largest absolute Gasteiger partial charge is 0.456 e. The number of benzene rings is 8. The van der Waals surface area contributed by atoms with Crippen LogP contribution in [0.1, 0.15) is 11.1 Å². The van der Waals surface area contributed by atoms with Gasteiger partial charge in [-0.3, -0.25) is 0 Å². The molecule has 258 valence electrons. The van der Waals surface area contributed by atoms with E-state index in [1.54, 1.807) is 0 Å². The number of fused-ring (bicyclic) bond motifs is 12. The van der Waals surface area contributed by atoms with E-state index in [2.05, 4.69) is 94.1 Å². The van der Waals surface area contributed by atoms with Crippen LogP contribution in [-0.2, 0) is 0 Å². The Hall–Kier alpha value is -8.06. The van der Waals surface area contributed by atoms with Gasteiger partial charge in [-0.05, 0) is 102 Å². The Morgan fingerprint density at radius 3 is 1.41 bits per heavy atom. The fourth-order valence-electron chi connectivity index (χ4n) is 8.79. The van der Waals surface area contributed by atoms with Gasteiger partial charge in [-0.15, -0.1) is 0 Å². The molecule has 6 heteroatoms. The second-order valence-electron chi connectivity index (χ2n) is 14.4. The minimum atomic E-state index is 0.605. The predicted molar refractivity (Wildman–Crippen MR) is 225 cm³/mol. The molecule has 0 aliphatic carbocycles. The van der Waals surface area contributed by atoms with E-state index in [0.29, 0.717) is 11.1 Å². The molecule has 0 radical (unpaired) electrons. The van der Waals surface area contributed by atoms with E-state index >= 15 is 0 Å². The van der Waals surface area contributed by atoms with Crippen LogP contribution in [0.15, 0.2) is 167 Å². The first-order valence-corrected chi connectivity index (χ1v) is 18.4. The van der Waals surface area contributed by atoms with Crippen LogP contribution in [0.25, 0.3) is 110 Å². The number of hydrogen-bond donors (Lipinski definition) is 0. The summed E-state index contributed by atoms with van der Waals surface area (Å²) < 4.78 is 17.2. The summed E-state index contributed by atoms with van der Waals surface area (Å²) in [6, 6.07) is 58.5. The Kier molecular flexibility index (Phi) is 6.10. The molecule has 6 nitrogen and oxygen atoms in total. The number of rotatable bonds is 3. The van der Waals surface area contributed by atoms with Crippen molar-refractivity contribution in [1.82, 2.24) is 9.13 Å². The van der Waals surface area contributed by atoms with Crippen molar-refractivity contribution in [1.29, 1.82) is 10.5 Å². The molecule has 0 atom stereocenters. The third-order valence-electron chi connectivity index (χ3n) is 11.3. The lowest BCUT2D eigenvalue weighted by molar-refractivity contribution is 0.669.